The number of piperazine rings is 1. The van der Waals surface area contributed by atoms with Crippen molar-refractivity contribution in [2.45, 2.75) is 6.42 Å². The van der Waals surface area contributed by atoms with Gasteiger partial charge in [-0.3, -0.25) is 14.4 Å². The molecule has 1 aliphatic rings. The molecule has 0 unspecified atom stereocenters. The molecule has 0 spiro atoms. The Balaban J connectivity index is 2.16. The van der Waals surface area contributed by atoms with E-state index in [1.807, 2.05) is 0 Å². The highest BCUT2D eigenvalue weighted by Crippen LogP contribution is 1.99. The van der Waals surface area contributed by atoms with Gasteiger partial charge in [0, 0.05) is 32.7 Å². The number of hydrogen-bond donors (Lipinski definition) is 2. The summed E-state index contributed by atoms with van der Waals surface area (Å²) >= 11 is 0. The van der Waals surface area contributed by atoms with Crippen molar-refractivity contribution in [3.63, 3.8) is 0 Å². The Morgan fingerprint density at radius 1 is 1.24 bits per heavy atom. The number of amides is 2. The highest BCUT2D eigenvalue weighted by molar-refractivity contribution is 5.78. The first-order chi connectivity index (χ1) is 8.13. The van der Waals surface area contributed by atoms with Crippen molar-refractivity contribution < 1.29 is 19.5 Å². The van der Waals surface area contributed by atoms with Crippen LogP contribution in [-0.4, -0.2) is 72.5 Å². The fourth-order valence-corrected chi connectivity index (χ4v) is 1.58. The Morgan fingerprint density at radius 2 is 1.88 bits per heavy atom. The van der Waals surface area contributed by atoms with E-state index in [1.54, 1.807) is 9.80 Å². The van der Waals surface area contributed by atoms with Crippen LogP contribution in [0.25, 0.3) is 0 Å². The quantitative estimate of drug-likeness (QED) is 0.431. The highest BCUT2D eigenvalue weighted by Gasteiger charge is 2.19. The molecule has 1 heterocycles. The molecule has 7 heteroatoms. The lowest BCUT2D eigenvalue weighted by molar-refractivity contribution is -0.137. The van der Waals surface area contributed by atoms with Gasteiger partial charge in [0.25, 0.3) is 0 Å². The summed E-state index contributed by atoms with van der Waals surface area (Å²) in [5.41, 5.74) is 0. The van der Waals surface area contributed by atoms with E-state index in [4.69, 9.17) is 5.11 Å². The molecule has 2 N–H and O–H groups in total. The van der Waals surface area contributed by atoms with Crippen molar-refractivity contribution in [2.24, 2.45) is 0 Å². The van der Waals surface area contributed by atoms with E-state index in [0.29, 0.717) is 26.2 Å². The van der Waals surface area contributed by atoms with Gasteiger partial charge in [-0.25, -0.2) is 0 Å². The third-order valence-electron chi connectivity index (χ3n) is 2.61. The Morgan fingerprint density at radius 3 is 2.41 bits per heavy atom. The van der Waals surface area contributed by atoms with Crippen LogP contribution in [0.3, 0.4) is 0 Å². The minimum absolute atomic E-state index is 0.00615. The van der Waals surface area contributed by atoms with Gasteiger partial charge in [-0.05, 0) is 0 Å². The summed E-state index contributed by atoms with van der Waals surface area (Å²) in [5, 5.41) is 11.2. The molecule has 96 valence electrons. The Labute approximate surface area is 99.4 Å². The van der Waals surface area contributed by atoms with Crippen molar-refractivity contribution in [1.29, 1.82) is 0 Å². The number of rotatable bonds is 6. The van der Waals surface area contributed by atoms with Crippen LogP contribution in [0.5, 0.6) is 0 Å². The maximum absolute atomic E-state index is 11.6. The number of nitrogens with one attached hydrogen (secondary N) is 1. The third kappa shape index (κ3) is 4.81. The number of nitrogens with zero attached hydrogens (tertiary/aromatic N) is 2. The van der Waals surface area contributed by atoms with Crippen molar-refractivity contribution >= 4 is 18.3 Å². The molecule has 1 rings (SSSR count). The molecule has 0 aromatic heterocycles. The Hall–Kier alpha value is -1.63. The standard InChI is InChI=1S/C10H17N3O4/c14-8-12-3-5-13(6-4-12)9(15)7-11-2-1-10(16)17/h8,11H,1-7H2,(H,16,17). The molecule has 0 aromatic carbocycles. The van der Waals surface area contributed by atoms with Gasteiger partial charge in [0.05, 0.1) is 13.0 Å². The van der Waals surface area contributed by atoms with Gasteiger partial charge in [0.15, 0.2) is 0 Å². The molecular weight excluding hydrogens is 226 g/mol. The molecule has 0 bridgehead atoms. The van der Waals surface area contributed by atoms with E-state index in [2.05, 4.69) is 5.32 Å². The summed E-state index contributed by atoms with van der Waals surface area (Å²) in [5.74, 6) is -0.939. The van der Waals surface area contributed by atoms with E-state index in [1.165, 1.54) is 0 Å². The number of carbonyl (C=O) groups excluding carboxylic acids is 2. The van der Waals surface area contributed by atoms with Gasteiger partial charge in [0.1, 0.15) is 0 Å². The predicted octanol–water partition coefficient (Wildman–Crippen LogP) is -1.65. The third-order valence-corrected chi connectivity index (χ3v) is 2.61. The van der Waals surface area contributed by atoms with Crippen LogP contribution < -0.4 is 5.32 Å². The molecule has 0 aromatic rings. The molecular formula is C10H17N3O4. The summed E-state index contributed by atoms with van der Waals surface area (Å²) in [4.78, 5) is 35.7. The molecule has 0 aliphatic carbocycles. The molecule has 0 saturated carbocycles. The van der Waals surface area contributed by atoms with E-state index >= 15 is 0 Å². The summed E-state index contributed by atoms with van der Waals surface area (Å²) in [7, 11) is 0. The minimum atomic E-state index is -0.885. The first kappa shape index (κ1) is 13.4. The smallest absolute Gasteiger partial charge is 0.304 e. The zero-order chi connectivity index (χ0) is 12.7. The monoisotopic (exact) mass is 243 g/mol. The molecule has 0 atom stereocenters. The maximum Gasteiger partial charge on any atom is 0.304 e. The summed E-state index contributed by atoms with van der Waals surface area (Å²) in [6.45, 7) is 2.63. The fraction of sp³-hybridized carbons (Fsp3) is 0.700. The predicted molar refractivity (Wildman–Crippen MR) is 59.3 cm³/mol. The Bertz CT molecular complexity index is 287. The molecule has 2 amide bonds. The average Bonchev–Trinajstić information content (AvgIpc) is 2.34. The van der Waals surface area contributed by atoms with Gasteiger partial charge in [-0.1, -0.05) is 0 Å². The van der Waals surface area contributed by atoms with Crippen molar-refractivity contribution in [3.8, 4) is 0 Å². The second-order valence-corrected chi connectivity index (χ2v) is 3.84. The first-order valence-corrected chi connectivity index (χ1v) is 5.53. The van der Waals surface area contributed by atoms with Crippen LogP contribution in [-0.2, 0) is 14.4 Å². The number of carbonyl (C=O) groups is 3. The SMILES string of the molecule is O=CN1CCN(C(=O)CNCCC(=O)O)CC1. The second-order valence-electron chi connectivity index (χ2n) is 3.84. The molecule has 0 radical (unpaired) electrons. The Kier molecular flexibility index (Phi) is 5.41. The van der Waals surface area contributed by atoms with Crippen LogP contribution in [0.15, 0.2) is 0 Å². The molecule has 7 nitrogen and oxygen atoms in total. The van der Waals surface area contributed by atoms with Crippen LogP contribution in [0, 0.1) is 0 Å². The number of aliphatic carboxylic acids is 1. The average molecular weight is 243 g/mol. The van der Waals surface area contributed by atoms with Crippen LogP contribution in [0.2, 0.25) is 0 Å². The zero-order valence-corrected chi connectivity index (χ0v) is 9.59. The van der Waals surface area contributed by atoms with E-state index < -0.39 is 5.97 Å². The lowest BCUT2D eigenvalue weighted by atomic mass is 10.3. The van der Waals surface area contributed by atoms with Crippen molar-refractivity contribution in [3.05, 3.63) is 0 Å². The minimum Gasteiger partial charge on any atom is -0.481 e. The topological polar surface area (TPSA) is 90.0 Å². The largest absolute Gasteiger partial charge is 0.481 e. The van der Waals surface area contributed by atoms with Crippen molar-refractivity contribution in [1.82, 2.24) is 15.1 Å². The van der Waals surface area contributed by atoms with Gasteiger partial charge in [-0.15, -0.1) is 0 Å². The van der Waals surface area contributed by atoms with Gasteiger partial charge < -0.3 is 20.2 Å². The molecule has 17 heavy (non-hydrogen) atoms. The molecule has 1 saturated heterocycles. The molecule has 1 fully saturated rings. The van der Waals surface area contributed by atoms with Gasteiger partial charge >= 0.3 is 5.97 Å². The lowest BCUT2D eigenvalue weighted by Crippen LogP contribution is -2.50. The van der Waals surface area contributed by atoms with Crippen LogP contribution >= 0.6 is 0 Å². The van der Waals surface area contributed by atoms with E-state index in [9.17, 15) is 14.4 Å². The fourth-order valence-electron chi connectivity index (χ4n) is 1.58. The van der Waals surface area contributed by atoms with E-state index in [0.717, 1.165) is 6.41 Å². The number of carboxylic acid groups (broad SMARTS) is 1. The number of hydrogen-bond acceptors (Lipinski definition) is 4. The highest BCUT2D eigenvalue weighted by atomic mass is 16.4. The van der Waals surface area contributed by atoms with E-state index in [-0.39, 0.29) is 25.4 Å². The second kappa shape index (κ2) is 6.85. The number of carboxylic acids is 1. The summed E-state index contributed by atoms with van der Waals surface area (Å²) in [6, 6.07) is 0. The maximum atomic E-state index is 11.6. The normalized spacial score (nSPS) is 15.8. The first-order valence-electron chi connectivity index (χ1n) is 5.53. The summed E-state index contributed by atoms with van der Waals surface area (Å²) < 4.78 is 0. The van der Waals surface area contributed by atoms with Crippen LogP contribution in [0.4, 0.5) is 0 Å². The summed E-state index contributed by atoms with van der Waals surface area (Å²) in [6.07, 6.45) is 0.791. The van der Waals surface area contributed by atoms with Gasteiger partial charge in [-0.2, -0.15) is 0 Å². The van der Waals surface area contributed by atoms with Crippen molar-refractivity contribution in [2.75, 3.05) is 39.3 Å². The lowest BCUT2D eigenvalue weighted by Gasteiger charge is -2.32. The van der Waals surface area contributed by atoms with Crippen LogP contribution in [0.1, 0.15) is 6.42 Å². The van der Waals surface area contributed by atoms with Gasteiger partial charge in [0.2, 0.25) is 12.3 Å². The molecule has 1 aliphatic heterocycles. The zero-order valence-electron chi connectivity index (χ0n) is 9.59.